The van der Waals surface area contributed by atoms with E-state index in [0.717, 1.165) is 0 Å². The molecule has 174 valence electrons. The molecule has 0 aliphatic carbocycles. The number of hydrogen-bond donors (Lipinski definition) is 1. The largest absolute Gasteiger partial charge is 0.437 e. The van der Waals surface area contributed by atoms with Gasteiger partial charge in [-0.3, -0.25) is 4.79 Å². The Morgan fingerprint density at radius 3 is 2.56 bits per heavy atom. The second-order valence-corrected chi connectivity index (χ2v) is 7.99. The summed E-state index contributed by atoms with van der Waals surface area (Å²) in [7, 11) is 0. The summed E-state index contributed by atoms with van der Waals surface area (Å²) in [5.74, 6) is -0.330. The lowest BCUT2D eigenvalue weighted by molar-refractivity contribution is 0.0940. The molecule has 1 aromatic heterocycles. The first-order chi connectivity index (χ1) is 16.3. The molecule has 0 aliphatic rings. The molecule has 9 heteroatoms. The van der Waals surface area contributed by atoms with Crippen molar-refractivity contribution in [1.82, 2.24) is 15.5 Å². The third kappa shape index (κ3) is 5.12. The average Bonchev–Trinajstić information content (AvgIpc) is 2.82. The van der Waals surface area contributed by atoms with Crippen molar-refractivity contribution in [1.29, 1.82) is 0 Å². The van der Waals surface area contributed by atoms with Crippen LogP contribution >= 0.6 is 11.6 Å². The topological polar surface area (TPSA) is 64.1 Å². The molecule has 0 saturated carbocycles. The number of ether oxygens (including phenoxy) is 1. The van der Waals surface area contributed by atoms with Crippen LogP contribution in [0, 0.1) is 6.92 Å². The van der Waals surface area contributed by atoms with E-state index in [1.165, 1.54) is 18.2 Å². The summed E-state index contributed by atoms with van der Waals surface area (Å²) in [5.41, 5.74) is 0.955. The standard InChI is InChI=1S/C25H19ClF3N3O2/c1-14-11-15(23(28)29)9-10-18(14)20(27)13-30-24(33)22-19-7-2-3-8-21(19)31-32-25(22)34-17-6-4-5-16(26)12-17/h2-12,20,23H,13H2,1H3,(H,30,33)/t20-/m0/s1. The molecule has 3 aromatic carbocycles. The number of halogens is 4. The number of nitrogens with zero attached hydrogens (tertiary/aromatic N) is 2. The minimum atomic E-state index is -2.64. The maximum Gasteiger partial charge on any atom is 0.263 e. The van der Waals surface area contributed by atoms with Crippen LogP contribution in [0.5, 0.6) is 11.6 Å². The monoisotopic (exact) mass is 485 g/mol. The van der Waals surface area contributed by atoms with Crippen LogP contribution in [-0.2, 0) is 0 Å². The van der Waals surface area contributed by atoms with Crippen molar-refractivity contribution in [2.45, 2.75) is 19.5 Å². The molecule has 34 heavy (non-hydrogen) atoms. The number of aryl methyl sites for hydroxylation is 1. The van der Waals surface area contributed by atoms with Gasteiger partial charge in [-0.15, -0.1) is 10.2 Å². The van der Waals surface area contributed by atoms with Crippen LogP contribution in [-0.4, -0.2) is 22.6 Å². The number of benzene rings is 3. The van der Waals surface area contributed by atoms with Crippen LogP contribution in [0.25, 0.3) is 10.9 Å². The van der Waals surface area contributed by atoms with Gasteiger partial charge in [0.2, 0.25) is 0 Å². The molecule has 1 N–H and O–H groups in total. The summed E-state index contributed by atoms with van der Waals surface area (Å²) in [6, 6.07) is 17.1. The van der Waals surface area contributed by atoms with Crippen molar-refractivity contribution in [2.24, 2.45) is 0 Å². The number of nitrogens with one attached hydrogen (secondary N) is 1. The number of carbonyl (C=O) groups excluding carboxylic acids is 1. The first kappa shape index (κ1) is 23.5. The van der Waals surface area contributed by atoms with Crippen LogP contribution in [0.1, 0.15) is 39.6 Å². The Morgan fingerprint density at radius 2 is 1.82 bits per heavy atom. The number of hydrogen-bond acceptors (Lipinski definition) is 4. The highest BCUT2D eigenvalue weighted by Gasteiger charge is 2.22. The normalized spacial score (nSPS) is 12.1. The Morgan fingerprint density at radius 1 is 1.03 bits per heavy atom. The summed E-state index contributed by atoms with van der Waals surface area (Å²) in [4.78, 5) is 13.1. The van der Waals surface area contributed by atoms with Crippen LogP contribution in [0.15, 0.2) is 66.7 Å². The highest BCUT2D eigenvalue weighted by molar-refractivity contribution is 6.30. The second kappa shape index (κ2) is 10.1. The van der Waals surface area contributed by atoms with Gasteiger partial charge in [0.1, 0.15) is 17.5 Å². The van der Waals surface area contributed by atoms with Gasteiger partial charge in [0, 0.05) is 16.0 Å². The van der Waals surface area contributed by atoms with Gasteiger partial charge in [0.15, 0.2) is 0 Å². The summed E-state index contributed by atoms with van der Waals surface area (Å²) < 4.78 is 46.5. The Kier molecular flexibility index (Phi) is 6.98. The summed E-state index contributed by atoms with van der Waals surface area (Å²) in [6.45, 7) is 1.17. The fourth-order valence-electron chi connectivity index (χ4n) is 3.54. The molecule has 1 heterocycles. The summed E-state index contributed by atoms with van der Waals surface area (Å²) >= 11 is 6.01. The lowest BCUT2D eigenvalue weighted by Crippen LogP contribution is -2.28. The van der Waals surface area contributed by atoms with Crippen molar-refractivity contribution < 1.29 is 22.7 Å². The van der Waals surface area contributed by atoms with Crippen molar-refractivity contribution in [3.05, 3.63) is 94.0 Å². The zero-order chi connectivity index (χ0) is 24.2. The molecule has 0 bridgehead atoms. The van der Waals surface area contributed by atoms with Gasteiger partial charge < -0.3 is 10.1 Å². The Labute approximate surface area is 198 Å². The number of amides is 1. The number of rotatable bonds is 7. The second-order valence-electron chi connectivity index (χ2n) is 7.55. The van der Waals surface area contributed by atoms with Gasteiger partial charge in [-0.25, -0.2) is 13.2 Å². The van der Waals surface area contributed by atoms with E-state index in [0.29, 0.717) is 27.2 Å². The maximum atomic E-state index is 14.9. The van der Waals surface area contributed by atoms with E-state index in [1.807, 2.05) is 0 Å². The summed E-state index contributed by atoms with van der Waals surface area (Å²) in [6.07, 6.45) is -4.25. The van der Waals surface area contributed by atoms with E-state index in [1.54, 1.807) is 55.5 Å². The smallest absolute Gasteiger partial charge is 0.263 e. The molecule has 4 aromatic rings. The van der Waals surface area contributed by atoms with Crippen molar-refractivity contribution >= 4 is 28.4 Å². The van der Waals surface area contributed by atoms with Crippen LogP contribution < -0.4 is 10.1 Å². The van der Waals surface area contributed by atoms with Crippen molar-refractivity contribution in [2.75, 3.05) is 6.54 Å². The minimum absolute atomic E-state index is 0.0636. The van der Waals surface area contributed by atoms with Crippen LogP contribution in [0.2, 0.25) is 5.02 Å². The third-order valence-electron chi connectivity index (χ3n) is 5.20. The SMILES string of the molecule is Cc1cc(C(F)F)ccc1[C@@H](F)CNC(=O)c1c(Oc2cccc(Cl)c2)nnc2ccccc12. The van der Waals surface area contributed by atoms with E-state index in [4.69, 9.17) is 16.3 Å². The Balaban J connectivity index is 1.60. The molecule has 5 nitrogen and oxygen atoms in total. The lowest BCUT2D eigenvalue weighted by Gasteiger charge is -2.15. The fourth-order valence-corrected chi connectivity index (χ4v) is 3.72. The van der Waals surface area contributed by atoms with Crippen LogP contribution in [0.3, 0.4) is 0 Å². The van der Waals surface area contributed by atoms with Crippen molar-refractivity contribution in [3.63, 3.8) is 0 Å². The van der Waals surface area contributed by atoms with Gasteiger partial charge in [-0.1, -0.05) is 54.1 Å². The molecule has 4 rings (SSSR count). The van der Waals surface area contributed by atoms with Crippen molar-refractivity contribution in [3.8, 4) is 11.6 Å². The molecular weight excluding hydrogens is 467 g/mol. The number of alkyl halides is 3. The molecule has 1 atom stereocenters. The highest BCUT2D eigenvalue weighted by Crippen LogP contribution is 2.30. The average molecular weight is 486 g/mol. The molecule has 1 amide bonds. The van der Waals surface area contributed by atoms with Gasteiger partial charge >= 0.3 is 0 Å². The Bertz CT molecular complexity index is 1350. The zero-order valence-corrected chi connectivity index (χ0v) is 18.7. The predicted octanol–water partition coefficient (Wildman–Crippen LogP) is 6.76. The fraction of sp³-hybridized carbons (Fsp3) is 0.160. The molecule has 0 unspecified atom stereocenters. The van der Waals surface area contributed by atoms with E-state index >= 15 is 0 Å². The number of aromatic nitrogens is 2. The van der Waals surface area contributed by atoms with E-state index < -0.39 is 18.5 Å². The molecule has 0 fully saturated rings. The quantitative estimate of drug-likeness (QED) is 0.314. The van der Waals surface area contributed by atoms with E-state index in [-0.39, 0.29) is 29.1 Å². The van der Waals surface area contributed by atoms with E-state index in [2.05, 4.69) is 15.5 Å². The number of fused-ring (bicyclic) bond motifs is 1. The molecule has 0 spiro atoms. The molecule has 0 aliphatic heterocycles. The zero-order valence-electron chi connectivity index (χ0n) is 17.9. The summed E-state index contributed by atoms with van der Waals surface area (Å²) in [5, 5.41) is 11.6. The Hall–Kier alpha value is -3.65. The maximum absolute atomic E-state index is 14.9. The van der Waals surface area contributed by atoms with Gasteiger partial charge in [0.05, 0.1) is 12.1 Å². The predicted molar refractivity (Wildman–Crippen MR) is 123 cm³/mol. The molecule has 0 saturated heterocycles. The molecule has 0 radical (unpaired) electrons. The third-order valence-corrected chi connectivity index (χ3v) is 5.43. The van der Waals surface area contributed by atoms with E-state index in [9.17, 15) is 18.0 Å². The number of carbonyl (C=O) groups is 1. The highest BCUT2D eigenvalue weighted by atomic mass is 35.5. The van der Waals surface area contributed by atoms with Gasteiger partial charge in [-0.05, 0) is 42.3 Å². The van der Waals surface area contributed by atoms with Gasteiger partial charge in [-0.2, -0.15) is 0 Å². The van der Waals surface area contributed by atoms with Crippen LogP contribution in [0.4, 0.5) is 13.2 Å². The first-order valence-electron chi connectivity index (χ1n) is 10.3. The first-order valence-corrected chi connectivity index (χ1v) is 10.7. The minimum Gasteiger partial charge on any atom is -0.437 e. The van der Waals surface area contributed by atoms with Gasteiger partial charge in [0.25, 0.3) is 18.2 Å². The molecular formula is C25H19ClF3N3O2. The lowest BCUT2D eigenvalue weighted by atomic mass is 10.0.